The van der Waals surface area contributed by atoms with Crippen LogP contribution in [0.25, 0.3) is 0 Å². The Balaban J connectivity index is 3.12. The van der Waals surface area contributed by atoms with Gasteiger partial charge in [-0.1, -0.05) is 60.5 Å². The highest BCUT2D eigenvalue weighted by Crippen LogP contribution is 2.26. The Labute approximate surface area is 247 Å². The summed E-state index contributed by atoms with van der Waals surface area (Å²) in [6, 6.07) is -3.32. The molecule has 1 rings (SSSR count). The van der Waals surface area contributed by atoms with Crippen LogP contribution in [0, 0.1) is 5.41 Å². The number of Topliss-reactive ketones (excluding diaryl/α,β-unsaturated/α-hetero) is 1. The van der Waals surface area contributed by atoms with E-state index in [0.29, 0.717) is 44.4 Å². The molecule has 1 heterocycles. The SMILES string of the molecule is C=CCNC(=O)C(=O)C(CCC)NC(=O)C1CCCN1C(=O)C(NC(=O)NC(CC)(CCC)CS(C)=O)C(C)(C)C. The van der Waals surface area contributed by atoms with Crippen LogP contribution >= 0.6 is 0 Å². The molecule has 12 heteroatoms. The van der Waals surface area contributed by atoms with E-state index in [1.807, 2.05) is 41.5 Å². The van der Waals surface area contributed by atoms with Crippen molar-refractivity contribution in [1.29, 1.82) is 0 Å². The highest BCUT2D eigenvalue weighted by molar-refractivity contribution is 7.84. The minimum absolute atomic E-state index is 0.130. The molecular weight excluding hydrogens is 546 g/mol. The van der Waals surface area contributed by atoms with Crippen molar-refractivity contribution in [2.45, 2.75) is 110 Å². The molecule has 11 nitrogen and oxygen atoms in total. The normalized spacial score (nSPS) is 18.8. The molecule has 4 N–H and O–H groups in total. The zero-order valence-electron chi connectivity index (χ0n) is 25.9. The largest absolute Gasteiger partial charge is 0.346 e. The van der Waals surface area contributed by atoms with Gasteiger partial charge in [-0.2, -0.15) is 0 Å². The van der Waals surface area contributed by atoms with Crippen LogP contribution in [-0.2, 0) is 30.0 Å². The van der Waals surface area contributed by atoms with Gasteiger partial charge in [0.1, 0.15) is 12.1 Å². The Morgan fingerprint density at radius 2 is 1.73 bits per heavy atom. The summed E-state index contributed by atoms with van der Waals surface area (Å²) in [6.07, 6.45) is 6.89. The highest BCUT2D eigenvalue weighted by Gasteiger charge is 2.43. The second-order valence-electron chi connectivity index (χ2n) is 11.9. The van der Waals surface area contributed by atoms with Gasteiger partial charge in [-0.25, -0.2) is 4.79 Å². The molecule has 1 aliphatic rings. The van der Waals surface area contributed by atoms with E-state index >= 15 is 0 Å². The summed E-state index contributed by atoms with van der Waals surface area (Å²) < 4.78 is 12.1. The van der Waals surface area contributed by atoms with Gasteiger partial charge < -0.3 is 26.2 Å². The van der Waals surface area contributed by atoms with Gasteiger partial charge in [0.25, 0.3) is 5.91 Å². The molecule has 1 aliphatic heterocycles. The van der Waals surface area contributed by atoms with Crippen LogP contribution in [-0.4, -0.2) is 87.4 Å². The van der Waals surface area contributed by atoms with Gasteiger partial charge in [0.15, 0.2) is 0 Å². The maximum absolute atomic E-state index is 13.9. The number of hydrogen-bond donors (Lipinski definition) is 4. The van der Waals surface area contributed by atoms with Crippen molar-refractivity contribution < 1.29 is 28.2 Å². The average Bonchev–Trinajstić information content (AvgIpc) is 3.38. The fraction of sp³-hybridized carbons (Fsp3) is 0.759. The van der Waals surface area contributed by atoms with E-state index in [-0.39, 0.29) is 13.0 Å². The number of amides is 5. The summed E-state index contributed by atoms with van der Waals surface area (Å²) in [6.45, 7) is 15.2. The number of nitrogens with zero attached hydrogens (tertiary/aromatic N) is 1. The van der Waals surface area contributed by atoms with Gasteiger partial charge in [-0.3, -0.25) is 23.4 Å². The Morgan fingerprint density at radius 3 is 2.24 bits per heavy atom. The standard InChI is InChI=1S/C29H51N5O6S/c1-9-14-20(22(35)25(37)30-17-11-3)31-24(36)21-15-13-18-34(21)26(38)23(28(5,6)7)32-27(39)33-29(12-4,16-10-2)19-41(8)40/h11,20-21,23H,3,9-10,12-19H2,1-2,4-8H3,(H,30,37)(H,31,36)(H2,32,33,39). The number of urea groups is 1. The van der Waals surface area contributed by atoms with Crippen molar-refractivity contribution in [3.05, 3.63) is 12.7 Å². The van der Waals surface area contributed by atoms with E-state index in [2.05, 4.69) is 27.8 Å². The molecule has 5 unspecified atom stereocenters. The Bertz CT molecular complexity index is 981. The minimum atomic E-state index is -1.13. The molecule has 41 heavy (non-hydrogen) atoms. The predicted octanol–water partition coefficient (Wildman–Crippen LogP) is 2.17. The maximum atomic E-state index is 13.9. The fourth-order valence-electron chi connectivity index (χ4n) is 5.17. The number of carbonyl (C=O) groups excluding carboxylic acids is 5. The van der Waals surface area contributed by atoms with Gasteiger partial charge in [0.05, 0.1) is 11.6 Å². The number of rotatable bonds is 16. The van der Waals surface area contributed by atoms with Crippen molar-refractivity contribution in [3.8, 4) is 0 Å². The van der Waals surface area contributed by atoms with Gasteiger partial charge in [0.2, 0.25) is 17.6 Å². The lowest BCUT2D eigenvalue weighted by atomic mass is 9.85. The lowest BCUT2D eigenvalue weighted by molar-refractivity contribution is -0.143. The quantitative estimate of drug-likeness (QED) is 0.158. The van der Waals surface area contributed by atoms with Crippen molar-refractivity contribution in [1.82, 2.24) is 26.2 Å². The molecule has 0 bridgehead atoms. The minimum Gasteiger partial charge on any atom is -0.346 e. The summed E-state index contributed by atoms with van der Waals surface area (Å²) in [7, 11) is -1.13. The Hall–Kier alpha value is -2.76. The fourth-order valence-corrected chi connectivity index (χ4v) is 6.37. The van der Waals surface area contributed by atoms with Gasteiger partial charge in [-0.05, 0) is 37.5 Å². The first kappa shape index (κ1) is 36.3. The van der Waals surface area contributed by atoms with Crippen molar-refractivity contribution in [2.75, 3.05) is 25.1 Å². The van der Waals surface area contributed by atoms with Crippen molar-refractivity contribution in [3.63, 3.8) is 0 Å². The second-order valence-corrected chi connectivity index (χ2v) is 13.3. The second kappa shape index (κ2) is 16.6. The first-order valence-electron chi connectivity index (χ1n) is 14.6. The van der Waals surface area contributed by atoms with E-state index in [1.165, 1.54) is 11.0 Å². The van der Waals surface area contributed by atoms with E-state index in [9.17, 15) is 28.2 Å². The summed E-state index contributed by atoms with van der Waals surface area (Å²) >= 11 is 0. The molecule has 0 aromatic carbocycles. The first-order valence-corrected chi connectivity index (χ1v) is 16.3. The van der Waals surface area contributed by atoms with Crippen LogP contribution in [0.2, 0.25) is 0 Å². The zero-order valence-corrected chi connectivity index (χ0v) is 26.7. The van der Waals surface area contributed by atoms with Crippen LogP contribution in [0.15, 0.2) is 12.7 Å². The van der Waals surface area contributed by atoms with Crippen LogP contribution < -0.4 is 21.3 Å². The third-order valence-corrected chi connectivity index (χ3v) is 8.29. The van der Waals surface area contributed by atoms with E-state index in [0.717, 1.165) is 6.42 Å². The van der Waals surface area contributed by atoms with E-state index in [4.69, 9.17) is 0 Å². The van der Waals surface area contributed by atoms with Gasteiger partial charge in [-0.15, -0.1) is 6.58 Å². The summed E-state index contributed by atoms with van der Waals surface area (Å²) in [5.74, 6) is -2.15. The van der Waals surface area contributed by atoms with Crippen molar-refractivity contribution in [2.24, 2.45) is 5.41 Å². The number of hydrogen-bond acceptors (Lipinski definition) is 6. The molecule has 5 amide bonds. The van der Waals surface area contributed by atoms with Gasteiger partial charge >= 0.3 is 6.03 Å². The summed E-state index contributed by atoms with van der Waals surface area (Å²) in [5.41, 5.74) is -1.35. The molecule has 0 spiro atoms. The lowest BCUT2D eigenvalue weighted by Crippen LogP contribution is -2.62. The Kier molecular flexibility index (Phi) is 14.7. The van der Waals surface area contributed by atoms with Crippen LogP contribution in [0.4, 0.5) is 4.79 Å². The number of carbonyl (C=O) groups is 5. The Morgan fingerprint density at radius 1 is 1.07 bits per heavy atom. The summed E-state index contributed by atoms with van der Waals surface area (Å²) in [4.78, 5) is 66.8. The topological polar surface area (TPSA) is 154 Å². The first-order chi connectivity index (χ1) is 19.2. The molecule has 5 atom stereocenters. The highest BCUT2D eigenvalue weighted by atomic mass is 32.2. The predicted molar refractivity (Wildman–Crippen MR) is 162 cm³/mol. The molecule has 1 saturated heterocycles. The van der Waals surface area contributed by atoms with E-state index < -0.39 is 69.4 Å². The monoisotopic (exact) mass is 597 g/mol. The molecule has 1 fully saturated rings. The molecule has 0 aromatic rings. The lowest BCUT2D eigenvalue weighted by Gasteiger charge is -2.38. The zero-order chi connectivity index (χ0) is 31.4. The average molecular weight is 598 g/mol. The molecule has 234 valence electrons. The molecule has 0 radical (unpaired) electrons. The van der Waals surface area contributed by atoms with E-state index in [1.54, 1.807) is 6.26 Å². The third kappa shape index (κ3) is 10.9. The van der Waals surface area contributed by atoms with Crippen molar-refractivity contribution >= 4 is 40.3 Å². The maximum Gasteiger partial charge on any atom is 0.315 e. The smallest absolute Gasteiger partial charge is 0.315 e. The molecular formula is C29H51N5O6S. The summed E-state index contributed by atoms with van der Waals surface area (Å²) in [5, 5.41) is 11.0. The number of ketones is 1. The van der Waals surface area contributed by atoms with Gasteiger partial charge in [0, 0.05) is 35.9 Å². The van der Waals surface area contributed by atoms with Crippen LogP contribution in [0.5, 0.6) is 0 Å². The molecule has 0 saturated carbocycles. The number of likely N-dealkylation sites (tertiary alicyclic amines) is 1. The number of nitrogens with one attached hydrogen (secondary N) is 4. The molecule has 0 aromatic heterocycles. The third-order valence-electron chi connectivity index (χ3n) is 7.33. The van der Waals surface area contributed by atoms with Crippen LogP contribution in [0.1, 0.15) is 86.5 Å². The van der Waals surface area contributed by atoms with Crippen LogP contribution in [0.3, 0.4) is 0 Å². The molecule has 0 aliphatic carbocycles.